The van der Waals surface area contributed by atoms with Crippen LogP contribution in [-0.4, -0.2) is 52.8 Å². The van der Waals surface area contributed by atoms with Crippen molar-refractivity contribution in [2.45, 2.75) is 25.0 Å². The van der Waals surface area contributed by atoms with Gasteiger partial charge in [-0.05, 0) is 42.7 Å². The van der Waals surface area contributed by atoms with E-state index in [1.165, 1.54) is 0 Å². The SMILES string of the molecule is Nc1ccc([C@H](O)CNC[C@H]2CCc3cc(C(=O)NCC(=O)O)ccc3O2)cn1. The molecule has 2 atom stereocenters. The van der Waals surface area contributed by atoms with Gasteiger partial charge in [-0.3, -0.25) is 9.59 Å². The van der Waals surface area contributed by atoms with Gasteiger partial charge in [0, 0.05) is 30.4 Å². The summed E-state index contributed by atoms with van der Waals surface area (Å²) in [5, 5.41) is 24.4. The van der Waals surface area contributed by atoms with Crippen LogP contribution in [-0.2, 0) is 11.2 Å². The lowest BCUT2D eigenvalue weighted by Crippen LogP contribution is -2.36. The largest absolute Gasteiger partial charge is 0.489 e. The van der Waals surface area contributed by atoms with Gasteiger partial charge in [-0.15, -0.1) is 0 Å². The van der Waals surface area contributed by atoms with Crippen LogP contribution in [0.1, 0.15) is 34.0 Å². The molecule has 1 aliphatic rings. The molecule has 154 valence electrons. The second-order valence-electron chi connectivity index (χ2n) is 6.87. The summed E-state index contributed by atoms with van der Waals surface area (Å²) in [6, 6.07) is 8.46. The Morgan fingerprint density at radius 2 is 2.14 bits per heavy atom. The van der Waals surface area contributed by atoms with Crippen LogP contribution >= 0.6 is 0 Å². The average Bonchev–Trinajstić information content (AvgIpc) is 2.72. The molecule has 3 rings (SSSR count). The van der Waals surface area contributed by atoms with Crippen LogP contribution in [0.25, 0.3) is 0 Å². The highest BCUT2D eigenvalue weighted by Crippen LogP contribution is 2.28. The number of aryl methyl sites for hydroxylation is 1. The zero-order chi connectivity index (χ0) is 20.8. The first-order valence-electron chi connectivity index (χ1n) is 9.32. The minimum atomic E-state index is -1.09. The molecule has 2 aromatic rings. The second kappa shape index (κ2) is 9.35. The van der Waals surface area contributed by atoms with E-state index in [-0.39, 0.29) is 6.10 Å². The summed E-state index contributed by atoms with van der Waals surface area (Å²) in [7, 11) is 0. The molecule has 0 aliphatic carbocycles. The average molecular weight is 400 g/mol. The number of benzene rings is 1. The van der Waals surface area contributed by atoms with E-state index in [0.717, 1.165) is 18.4 Å². The van der Waals surface area contributed by atoms with Crippen molar-refractivity contribution in [3.05, 3.63) is 53.2 Å². The third-order valence-corrected chi connectivity index (χ3v) is 4.66. The van der Waals surface area contributed by atoms with E-state index in [4.69, 9.17) is 15.6 Å². The van der Waals surface area contributed by atoms with Crippen LogP contribution in [0.5, 0.6) is 5.75 Å². The van der Waals surface area contributed by atoms with Crippen molar-refractivity contribution >= 4 is 17.7 Å². The van der Waals surface area contributed by atoms with Gasteiger partial charge in [-0.2, -0.15) is 0 Å². The number of nitrogens with one attached hydrogen (secondary N) is 2. The minimum absolute atomic E-state index is 0.0501. The second-order valence-corrected chi connectivity index (χ2v) is 6.87. The molecule has 0 radical (unpaired) electrons. The summed E-state index contributed by atoms with van der Waals surface area (Å²) in [4.78, 5) is 26.5. The van der Waals surface area contributed by atoms with Crippen LogP contribution in [0.2, 0.25) is 0 Å². The summed E-state index contributed by atoms with van der Waals surface area (Å²) >= 11 is 0. The van der Waals surface area contributed by atoms with Crippen molar-refractivity contribution in [2.75, 3.05) is 25.4 Å². The molecule has 0 spiro atoms. The molecule has 1 aromatic carbocycles. The van der Waals surface area contributed by atoms with Gasteiger partial charge < -0.3 is 31.3 Å². The van der Waals surface area contributed by atoms with E-state index in [1.54, 1.807) is 36.5 Å². The molecule has 0 saturated carbocycles. The summed E-state index contributed by atoms with van der Waals surface area (Å²) in [6.45, 7) is 0.513. The highest BCUT2D eigenvalue weighted by molar-refractivity contribution is 5.96. The maximum atomic E-state index is 12.0. The zero-order valence-corrected chi connectivity index (χ0v) is 15.8. The van der Waals surface area contributed by atoms with Crippen LogP contribution in [0.15, 0.2) is 36.5 Å². The fraction of sp³-hybridized carbons (Fsp3) is 0.350. The number of hydrogen-bond donors (Lipinski definition) is 5. The van der Waals surface area contributed by atoms with E-state index < -0.39 is 24.5 Å². The molecular weight excluding hydrogens is 376 g/mol. The number of carbonyl (C=O) groups is 2. The van der Waals surface area contributed by atoms with Crippen molar-refractivity contribution in [1.29, 1.82) is 0 Å². The monoisotopic (exact) mass is 400 g/mol. The Labute approximate surface area is 167 Å². The van der Waals surface area contributed by atoms with Crippen molar-refractivity contribution < 1.29 is 24.5 Å². The molecular formula is C20H24N4O5. The van der Waals surface area contributed by atoms with Crippen LogP contribution in [0.3, 0.4) is 0 Å². The number of nitrogen functional groups attached to an aromatic ring is 1. The summed E-state index contributed by atoms with van der Waals surface area (Å²) < 4.78 is 5.97. The Morgan fingerprint density at radius 3 is 2.86 bits per heavy atom. The van der Waals surface area contributed by atoms with E-state index >= 15 is 0 Å². The maximum absolute atomic E-state index is 12.0. The van der Waals surface area contributed by atoms with Gasteiger partial charge in [0.25, 0.3) is 5.91 Å². The lowest BCUT2D eigenvalue weighted by molar-refractivity contribution is -0.135. The molecule has 0 unspecified atom stereocenters. The first-order valence-corrected chi connectivity index (χ1v) is 9.32. The summed E-state index contributed by atoms with van der Waals surface area (Å²) in [5.41, 5.74) is 7.56. The number of aromatic nitrogens is 1. The predicted molar refractivity (Wildman–Crippen MR) is 106 cm³/mol. The lowest BCUT2D eigenvalue weighted by atomic mass is 9.99. The third kappa shape index (κ3) is 5.66. The number of aliphatic hydroxyl groups excluding tert-OH is 1. The molecule has 0 saturated heterocycles. The number of pyridine rings is 1. The van der Waals surface area contributed by atoms with E-state index in [9.17, 15) is 14.7 Å². The topological polar surface area (TPSA) is 147 Å². The summed E-state index contributed by atoms with van der Waals surface area (Å²) in [6.07, 6.45) is 2.32. The Kier molecular flexibility index (Phi) is 6.63. The Hall–Kier alpha value is -3.17. The van der Waals surface area contributed by atoms with Gasteiger partial charge in [-0.25, -0.2) is 4.98 Å². The quantitative estimate of drug-likeness (QED) is 0.430. The number of aliphatic hydroxyl groups is 1. The molecule has 1 amide bonds. The van der Waals surface area contributed by atoms with Crippen LogP contribution in [0.4, 0.5) is 5.82 Å². The number of fused-ring (bicyclic) bond motifs is 1. The number of aliphatic carboxylic acids is 1. The van der Waals surface area contributed by atoms with E-state index in [1.807, 2.05) is 0 Å². The van der Waals surface area contributed by atoms with Crippen molar-refractivity contribution in [3.63, 3.8) is 0 Å². The Balaban J connectivity index is 1.49. The molecule has 9 nitrogen and oxygen atoms in total. The molecule has 6 N–H and O–H groups in total. The molecule has 0 fully saturated rings. The van der Waals surface area contributed by atoms with Crippen molar-refractivity contribution in [1.82, 2.24) is 15.6 Å². The number of rotatable bonds is 8. The summed E-state index contributed by atoms with van der Waals surface area (Å²) in [5.74, 6) is -0.398. The van der Waals surface area contributed by atoms with Crippen molar-refractivity contribution in [2.24, 2.45) is 0 Å². The fourth-order valence-corrected chi connectivity index (χ4v) is 3.10. The highest BCUT2D eigenvalue weighted by atomic mass is 16.5. The van der Waals surface area contributed by atoms with Crippen LogP contribution in [0, 0.1) is 0 Å². The first-order chi connectivity index (χ1) is 13.9. The maximum Gasteiger partial charge on any atom is 0.322 e. The van der Waals surface area contributed by atoms with Gasteiger partial charge in [0.15, 0.2) is 0 Å². The standard InChI is InChI=1S/C20H24N4O5/c21-18-6-3-14(8-23-18)16(25)10-22-9-15-4-1-12-7-13(2-5-17(12)29-15)20(28)24-11-19(26)27/h2-3,5-8,15-16,22,25H,1,4,9-11H2,(H2,21,23)(H,24,28)(H,26,27)/t15-,16-/m1/s1. The number of carboxylic acids is 1. The van der Waals surface area contributed by atoms with Gasteiger partial charge in [-0.1, -0.05) is 6.07 Å². The normalized spacial score (nSPS) is 16.4. The number of ether oxygens (including phenoxy) is 1. The van der Waals surface area contributed by atoms with E-state index in [2.05, 4.69) is 15.6 Å². The predicted octanol–water partition coefficient (Wildman–Crippen LogP) is 0.495. The molecule has 2 heterocycles. The molecule has 0 bridgehead atoms. The number of amides is 1. The number of hydrogen-bond acceptors (Lipinski definition) is 7. The van der Waals surface area contributed by atoms with Crippen molar-refractivity contribution in [3.8, 4) is 5.75 Å². The lowest BCUT2D eigenvalue weighted by Gasteiger charge is -2.27. The van der Waals surface area contributed by atoms with E-state index in [0.29, 0.717) is 35.8 Å². The fourth-order valence-electron chi connectivity index (χ4n) is 3.10. The number of anilines is 1. The van der Waals surface area contributed by atoms with Gasteiger partial charge in [0.05, 0.1) is 6.10 Å². The van der Waals surface area contributed by atoms with Gasteiger partial charge in [0.1, 0.15) is 24.2 Å². The highest BCUT2D eigenvalue weighted by Gasteiger charge is 2.21. The number of carbonyl (C=O) groups excluding carboxylic acids is 1. The molecule has 29 heavy (non-hydrogen) atoms. The third-order valence-electron chi connectivity index (χ3n) is 4.66. The van der Waals surface area contributed by atoms with Gasteiger partial charge in [0.2, 0.25) is 0 Å². The first kappa shape index (κ1) is 20.6. The minimum Gasteiger partial charge on any atom is -0.489 e. The number of carboxylic acid groups (broad SMARTS) is 1. The number of nitrogens with two attached hydrogens (primary N) is 1. The Bertz CT molecular complexity index is 872. The Morgan fingerprint density at radius 1 is 1.31 bits per heavy atom. The van der Waals surface area contributed by atoms with Crippen LogP contribution < -0.4 is 21.1 Å². The number of nitrogens with zero attached hydrogens (tertiary/aromatic N) is 1. The molecule has 9 heteroatoms. The molecule has 1 aromatic heterocycles. The van der Waals surface area contributed by atoms with Gasteiger partial charge >= 0.3 is 5.97 Å². The smallest absolute Gasteiger partial charge is 0.322 e. The molecule has 1 aliphatic heterocycles. The zero-order valence-electron chi connectivity index (χ0n) is 15.8.